The Bertz CT molecular complexity index is 434. The number of nitrogens with one attached hydrogen (secondary N) is 1. The van der Waals surface area contributed by atoms with Crippen molar-refractivity contribution in [2.75, 3.05) is 25.0 Å². The van der Waals surface area contributed by atoms with E-state index in [4.69, 9.17) is 0 Å². The van der Waals surface area contributed by atoms with Crippen molar-refractivity contribution >= 4 is 11.7 Å². The molecule has 1 unspecified atom stereocenters. The molecule has 1 fully saturated rings. The molecule has 1 saturated heterocycles. The second-order valence-electron chi connectivity index (χ2n) is 5.06. The van der Waals surface area contributed by atoms with Crippen LogP contribution in [-0.4, -0.2) is 41.7 Å². The van der Waals surface area contributed by atoms with Crippen molar-refractivity contribution in [1.29, 1.82) is 0 Å². The Hall–Kier alpha value is -1.55. The van der Waals surface area contributed by atoms with E-state index in [1.807, 2.05) is 12.1 Å². The lowest BCUT2D eigenvalue weighted by molar-refractivity contribution is 0.0698. The van der Waals surface area contributed by atoms with Crippen LogP contribution in [0.15, 0.2) is 24.3 Å². The zero-order valence-corrected chi connectivity index (χ0v) is 11.4. The number of carboxylic acids is 1. The topological polar surface area (TPSA) is 52.6 Å². The van der Waals surface area contributed by atoms with Crippen molar-refractivity contribution in [3.05, 3.63) is 29.8 Å². The summed E-state index contributed by atoms with van der Waals surface area (Å²) < 4.78 is 0. The number of anilines is 1. The van der Waals surface area contributed by atoms with Crippen LogP contribution < -0.4 is 5.32 Å². The molecule has 4 heteroatoms. The lowest BCUT2D eigenvalue weighted by atomic mass is 10.1. The van der Waals surface area contributed by atoms with Gasteiger partial charge in [-0.2, -0.15) is 0 Å². The van der Waals surface area contributed by atoms with Gasteiger partial charge in [0.1, 0.15) is 0 Å². The fourth-order valence-corrected chi connectivity index (χ4v) is 2.63. The maximum absolute atomic E-state index is 11.2. The molecule has 0 spiro atoms. The molecular weight excluding hydrogens is 240 g/mol. The SMILES string of the molecule is CCN1CCCC(Nc2ccccc2C(=O)O)CC1. The molecule has 19 heavy (non-hydrogen) atoms. The third-order valence-corrected chi connectivity index (χ3v) is 3.79. The summed E-state index contributed by atoms with van der Waals surface area (Å²) in [4.78, 5) is 13.6. The van der Waals surface area contributed by atoms with E-state index in [-0.39, 0.29) is 0 Å². The average molecular weight is 262 g/mol. The summed E-state index contributed by atoms with van der Waals surface area (Å²) in [6.07, 6.45) is 3.34. The minimum Gasteiger partial charge on any atom is -0.478 e. The van der Waals surface area contributed by atoms with E-state index >= 15 is 0 Å². The van der Waals surface area contributed by atoms with Crippen LogP contribution in [0.2, 0.25) is 0 Å². The molecule has 0 amide bonds. The van der Waals surface area contributed by atoms with Gasteiger partial charge in [-0.3, -0.25) is 0 Å². The first-order valence-corrected chi connectivity index (χ1v) is 7.02. The molecule has 2 N–H and O–H groups in total. The molecule has 0 bridgehead atoms. The van der Waals surface area contributed by atoms with E-state index in [1.165, 1.54) is 6.42 Å². The monoisotopic (exact) mass is 262 g/mol. The van der Waals surface area contributed by atoms with Crippen LogP contribution in [-0.2, 0) is 0 Å². The number of para-hydroxylation sites is 1. The molecule has 1 aromatic rings. The number of hydrogen-bond donors (Lipinski definition) is 2. The quantitative estimate of drug-likeness (QED) is 0.876. The van der Waals surface area contributed by atoms with Crippen LogP contribution in [0.5, 0.6) is 0 Å². The summed E-state index contributed by atoms with van der Waals surface area (Å²) >= 11 is 0. The third-order valence-electron chi connectivity index (χ3n) is 3.79. The van der Waals surface area contributed by atoms with Gasteiger partial charge in [0.25, 0.3) is 0 Å². The number of carboxylic acid groups (broad SMARTS) is 1. The Balaban J connectivity index is 2.03. The summed E-state index contributed by atoms with van der Waals surface area (Å²) in [5.41, 5.74) is 1.10. The van der Waals surface area contributed by atoms with Crippen LogP contribution in [0.1, 0.15) is 36.5 Å². The Labute approximate surface area is 114 Å². The summed E-state index contributed by atoms with van der Waals surface area (Å²) in [5.74, 6) is -0.869. The van der Waals surface area contributed by atoms with Crippen LogP contribution >= 0.6 is 0 Å². The molecule has 1 aliphatic rings. The average Bonchev–Trinajstić information content (AvgIpc) is 2.64. The lowest BCUT2D eigenvalue weighted by Crippen LogP contribution is -2.26. The number of hydrogen-bond acceptors (Lipinski definition) is 3. The van der Waals surface area contributed by atoms with Gasteiger partial charge < -0.3 is 15.3 Å². The van der Waals surface area contributed by atoms with Crippen molar-refractivity contribution in [3.63, 3.8) is 0 Å². The van der Waals surface area contributed by atoms with Crippen molar-refractivity contribution in [1.82, 2.24) is 4.90 Å². The Kier molecular flexibility index (Phi) is 4.80. The van der Waals surface area contributed by atoms with E-state index in [0.717, 1.165) is 38.2 Å². The van der Waals surface area contributed by atoms with Crippen molar-refractivity contribution in [2.45, 2.75) is 32.2 Å². The molecule has 4 nitrogen and oxygen atoms in total. The van der Waals surface area contributed by atoms with Gasteiger partial charge >= 0.3 is 5.97 Å². The highest BCUT2D eigenvalue weighted by molar-refractivity contribution is 5.94. The molecular formula is C15H22N2O2. The highest BCUT2D eigenvalue weighted by atomic mass is 16.4. The molecule has 104 valence electrons. The predicted octanol–water partition coefficient (Wildman–Crippen LogP) is 2.67. The van der Waals surface area contributed by atoms with E-state index in [2.05, 4.69) is 17.1 Å². The van der Waals surface area contributed by atoms with Gasteiger partial charge in [-0.15, -0.1) is 0 Å². The second kappa shape index (κ2) is 6.57. The first kappa shape index (κ1) is 13.9. The molecule has 0 saturated carbocycles. The van der Waals surface area contributed by atoms with Crippen LogP contribution in [0.4, 0.5) is 5.69 Å². The van der Waals surface area contributed by atoms with Gasteiger partial charge in [0, 0.05) is 18.3 Å². The highest BCUT2D eigenvalue weighted by Crippen LogP contribution is 2.20. The maximum atomic E-state index is 11.2. The Morgan fingerprint density at radius 3 is 2.89 bits per heavy atom. The normalized spacial score (nSPS) is 20.8. The Morgan fingerprint density at radius 1 is 1.37 bits per heavy atom. The number of benzene rings is 1. The van der Waals surface area contributed by atoms with Gasteiger partial charge in [-0.25, -0.2) is 4.79 Å². The molecule has 0 aromatic heterocycles. The van der Waals surface area contributed by atoms with Crippen LogP contribution in [0, 0.1) is 0 Å². The molecule has 1 heterocycles. The van der Waals surface area contributed by atoms with E-state index in [9.17, 15) is 9.90 Å². The first-order valence-electron chi connectivity index (χ1n) is 7.02. The summed E-state index contributed by atoms with van der Waals surface area (Å²) in [6.45, 7) is 5.52. The minimum absolute atomic E-state index is 0.360. The number of nitrogens with zero attached hydrogens (tertiary/aromatic N) is 1. The van der Waals surface area contributed by atoms with Gasteiger partial charge in [0.2, 0.25) is 0 Å². The van der Waals surface area contributed by atoms with Gasteiger partial charge in [-0.1, -0.05) is 19.1 Å². The third kappa shape index (κ3) is 3.70. The highest BCUT2D eigenvalue weighted by Gasteiger charge is 2.17. The molecule has 0 radical (unpaired) electrons. The van der Waals surface area contributed by atoms with Crippen LogP contribution in [0.3, 0.4) is 0 Å². The number of rotatable bonds is 4. The Morgan fingerprint density at radius 2 is 2.16 bits per heavy atom. The maximum Gasteiger partial charge on any atom is 0.337 e. The number of aromatic carboxylic acids is 1. The lowest BCUT2D eigenvalue weighted by Gasteiger charge is -2.20. The van der Waals surface area contributed by atoms with Gasteiger partial charge in [0.05, 0.1) is 5.56 Å². The molecule has 1 atom stereocenters. The zero-order chi connectivity index (χ0) is 13.7. The number of likely N-dealkylation sites (tertiary alicyclic amines) is 1. The minimum atomic E-state index is -0.869. The summed E-state index contributed by atoms with van der Waals surface area (Å²) in [7, 11) is 0. The smallest absolute Gasteiger partial charge is 0.337 e. The second-order valence-corrected chi connectivity index (χ2v) is 5.06. The molecule has 1 aliphatic heterocycles. The van der Waals surface area contributed by atoms with E-state index in [1.54, 1.807) is 12.1 Å². The summed E-state index contributed by atoms with van der Waals surface area (Å²) in [6, 6.07) is 7.52. The first-order chi connectivity index (χ1) is 9.20. The van der Waals surface area contributed by atoms with Crippen LogP contribution in [0.25, 0.3) is 0 Å². The zero-order valence-electron chi connectivity index (χ0n) is 11.4. The van der Waals surface area contributed by atoms with E-state index in [0.29, 0.717) is 11.6 Å². The van der Waals surface area contributed by atoms with Gasteiger partial charge in [0.15, 0.2) is 0 Å². The number of carbonyl (C=O) groups is 1. The summed E-state index contributed by atoms with van der Waals surface area (Å²) in [5, 5.41) is 12.6. The predicted molar refractivity (Wildman–Crippen MR) is 76.8 cm³/mol. The molecule has 1 aromatic carbocycles. The van der Waals surface area contributed by atoms with Gasteiger partial charge in [-0.05, 0) is 44.5 Å². The van der Waals surface area contributed by atoms with E-state index < -0.39 is 5.97 Å². The fraction of sp³-hybridized carbons (Fsp3) is 0.533. The van der Waals surface area contributed by atoms with Crippen molar-refractivity contribution < 1.29 is 9.90 Å². The standard InChI is InChI=1S/C15H22N2O2/c1-2-17-10-5-6-12(9-11-17)16-14-8-4-3-7-13(14)15(18)19/h3-4,7-8,12,16H,2,5-6,9-11H2,1H3,(H,18,19). The largest absolute Gasteiger partial charge is 0.478 e. The van der Waals surface area contributed by atoms with Crippen molar-refractivity contribution in [2.24, 2.45) is 0 Å². The van der Waals surface area contributed by atoms with Crippen molar-refractivity contribution in [3.8, 4) is 0 Å². The fourth-order valence-electron chi connectivity index (χ4n) is 2.63. The molecule has 2 rings (SSSR count). The molecule has 0 aliphatic carbocycles.